The van der Waals surface area contributed by atoms with E-state index in [1.54, 1.807) is 7.11 Å². The molecule has 0 aromatic heterocycles. The molecule has 0 saturated heterocycles. The zero-order valence-corrected chi connectivity index (χ0v) is 9.28. The maximum atomic E-state index is 6.01. The number of hydrogen-bond acceptors (Lipinski definition) is 2. The van der Waals surface area contributed by atoms with Gasteiger partial charge in [-0.2, -0.15) is 0 Å². The Morgan fingerprint density at radius 1 is 1.27 bits per heavy atom. The lowest BCUT2D eigenvalue weighted by atomic mass is 9.81. The van der Waals surface area contributed by atoms with Gasteiger partial charge in [0.1, 0.15) is 5.75 Å². The van der Waals surface area contributed by atoms with Crippen LogP contribution in [0.25, 0.3) is 0 Å². The van der Waals surface area contributed by atoms with E-state index in [4.69, 9.17) is 10.5 Å². The van der Waals surface area contributed by atoms with Crippen molar-refractivity contribution in [3.8, 4) is 5.75 Å². The molecule has 0 aliphatic heterocycles. The summed E-state index contributed by atoms with van der Waals surface area (Å²) in [5, 5.41) is 0. The first-order chi connectivity index (χ1) is 7.31. The molecule has 1 aromatic rings. The number of para-hydroxylation sites is 1. The first-order valence-electron chi connectivity index (χ1n) is 5.69. The van der Waals surface area contributed by atoms with E-state index in [2.05, 4.69) is 12.1 Å². The summed E-state index contributed by atoms with van der Waals surface area (Å²) in [4.78, 5) is 0. The van der Waals surface area contributed by atoms with Crippen molar-refractivity contribution >= 4 is 0 Å². The fourth-order valence-electron chi connectivity index (χ4n) is 2.51. The minimum absolute atomic E-state index is 0.369. The second-order valence-electron chi connectivity index (χ2n) is 4.37. The molecule has 2 atom stereocenters. The summed E-state index contributed by atoms with van der Waals surface area (Å²) in [5.74, 6) is 1.60. The van der Waals surface area contributed by atoms with Gasteiger partial charge in [0.25, 0.3) is 0 Å². The summed E-state index contributed by atoms with van der Waals surface area (Å²) in [5.41, 5.74) is 7.34. The van der Waals surface area contributed by atoms with E-state index < -0.39 is 0 Å². The van der Waals surface area contributed by atoms with Crippen LogP contribution in [0.1, 0.15) is 37.2 Å². The van der Waals surface area contributed by atoms with Crippen LogP contribution in [0.15, 0.2) is 24.3 Å². The van der Waals surface area contributed by atoms with E-state index in [-0.39, 0.29) is 0 Å². The quantitative estimate of drug-likeness (QED) is 0.805. The molecular weight excluding hydrogens is 186 g/mol. The summed E-state index contributed by atoms with van der Waals surface area (Å²) < 4.78 is 5.39. The second-order valence-corrected chi connectivity index (χ2v) is 4.37. The topological polar surface area (TPSA) is 35.2 Å². The Kier molecular flexibility index (Phi) is 3.27. The fourth-order valence-corrected chi connectivity index (χ4v) is 2.51. The van der Waals surface area contributed by atoms with E-state index in [9.17, 15) is 0 Å². The van der Waals surface area contributed by atoms with Gasteiger partial charge in [-0.05, 0) is 36.8 Å². The number of hydrogen-bond donors (Lipinski definition) is 1. The molecule has 2 nitrogen and oxygen atoms in total. The van der Waals surface area contributed by atoms with Crippen LogP contribution in [-0.4, -0.2) is 13.2 Å². The predicted molar refractivity (Wildman–Crippen MR) is 62.2 cm³/mol. The molecule has 1 aliphatic rings. The number of benzene rings is 1. The number of rotatable bonds is 2. The predicted octanol–water partition coefficient (Wildman–Crippen LogP) is 2.68. The summed E-state index contributed by atoms with van der Waals surface area (Å²) in [6, 6.07) is 8.67. The SMILES string of the molecule is COc1ccccc1[C@@H]1CCC[C@H](N)C1. The van der Waals surface area contributed by atoms with Crippen molar-refractivity contribution in [1.82, 2.24) is 0 Å². The summed E-state index contributed by atoms with van der Waals surface area (Å²) in [7, 11) is 1.74. The van der Waals surface area contributed by atoms with Gasteiger partial charge in [0, 0.05) is 6.04 Å². The molecule has 15 heavy (non-hydrogen) atoms. The summed E-state index contributed by atoms with van der Waals surface area (Å²) >= 11 is 0. The highest BCUT2D eigenvalue weighted by molar-refractivity contribution is 5.36. The molecule has 0 radical (unpaired) electrons. The van der Waals surface area contributed by atoms with Gasteiger partial charge in [-0.1, -0.05) is 24.6 Å². The third kappa shape index (κ3) is 2.32. The van der Waals surface area contributed by atoms with Crippen molar-refractivity contribution in [3.63, 3.8) is 0 Å². The van der Waals surface area contributed by atoms with Crippen molar-refractivity contribution in [3.05, 3.63) is 29.8 Å². The number of ether oxygens (including phenoxy) is 1. The van der Waals surface area contributed by atoms with Gasteiger partial charge in [0.05, 0.1) is 7.11 Å². The lowest BCUT2D eigenvalue weighted by molar-refractivity contribution is 0.367. The monoisotopic (exact) mass is 205 g/mol. The molecule has 1 fully saturated rings. The Bertz CT molecular complexity index is 324. The maximum Gasteiger partial charge on any atom is 0.122 e. The van der Waals surface area contributed by atoms with Crippen molar-refractivity contribution < 1.29 is 4.74 Å². The highest BCUT2D eigenvalue weighted by atomic mass is 16.5. The van der Waals surface area contributed by atoms with Gasteiger partial charge in [-0.25, -0.2) is 0 Å². The summed E-state index contributed by atoms with van der Waals surface area (Å²) in [6.45, 7) is 0. The van der Waals surface area contributed by atoms with Gasteiger partial charge in [0.2, 0.25) is 0 Å². The van der Waals surface area contributed by atoms with Crippen LogP contribution in [0.4, 0.5) is 0 Å². The largest absolute Gasteiger partial charge is 0.496 e. The first kappa shape index (κ1) is 10.5. The van der Waals surface area contributed by atoms with Gasteiger partial charge >= 0.3 is 0 Å². The Morgan fingerprint density at radius 3 is 2.80 bits per heavy atom. The zero-order valence-electron chi connectivity index (χ0n) is 9.28. The first-order valence-corrected chi connectivity index (χ1v) is 5.69. The van der Waals surface area contributed by atoms with E-state index in [1.165, 1.54) is 24.8 Å². The lowest BCUT2D eigenvalue weighted by Crippen LogP contribution is -2.26. The molecule has 0 bridgehead atoms. The van der Waals surface area contributed by atoms with Crippen LogP contribution in [0.3, 0.4) is 0 Å². The van der Waals surface area contributed by atoms with Crippen LogP contribution in [0.2, 0.25) is 0 Å². The maximum absolute atomic E-state index is 6.01. The van der Waals surface area contributed by atoms with Crippen LogP contribution in [-0.2, 0) is 0 Å². The molecule has 1 aliphatic carbocycles. The standard InChI is InChI=1S/C13H19NO/c1-15-13-8-3-2-7-12(13)10-5-4-6-11(14)9-10/h2-3,7-8,10-11H,4-6,9,14H2,1H3/t10-,11+/m1/s1. The van der Waals surface area contributed by atoms with E-state index >= 15 is 0 Å². The Labute approximate surface area is 91.4 Å². The molecule has 2 N–H and O–H groups in total. The van der Waals surface area contributed by atoms with E-state index in [1.807, 2.05) is 12.1 Å². The summed E-state index contributed by atoms with van der Waals surface area (Å²) in [6.07, 6.45) is 4.75. The zero-order chi connectivity index (χ0) is 10.7. The minimum Gasteiger partial charge on any atom is -0.496 e. The average molecular weight is 205 g/mol. The molecule has 82 valence electrons. The molecule has 0 spiro atoms. The van der Waals surface area contributed by atoms with Gasteiger partial charge in [0.15, 0.2) is 0 Å². The fraction of sp³-hybridized carbons (Fsp3) is 0.538. The lowest BCUT2D eigenvalue weighted by Gasteiger charge is -2.27. The third-order valence-electron chi connectivity index (χ3n) is 3.29. The van der Waals surface area contributed by atoms with Crippen molar-refractivity contribution in [1.29, 1.82) is 0 Å². The van der Waals surface area contributed by atoms with Crippen molar-refractivity contribution in [2.75, 3.05) is 7.11 Å². The van der Waals surface area contributed by atoms with Crippen molar-refractivity contribution in [2.24, 2.45) is 5.73 Å². The average Bonchev–Trinajstić information content (AvgIpc) is 2.29. The van der Waals surface area contributed by atoms with Crippen molar-refractivity contribution in [2.45, 2.75) is 37.6 Å². The molecule has 2 rings (SSSR count). The van der Waals surface area contributed by atoms with Crippen LogP contribution >= 0.6 is 0 Å². The Hall–Kier alpha value is -1.02. The van der Waals surface area contributed by atoms with E-state index in [0.29, 0.717) is 12.0 Å². The minimum atomic E-state index is 0.369. The van der Waals surface area contributed by atoms with Gasteiger partial charge in [-0.15, -0.1) is 0 Å². The molecular formula is C13H19NO. The molecule has 1 saturated carbocycles. The molecule has 0 amide bonds. The highest BCUT2D eigenvalue weighted by Crippen LogP contribution is 2.36. The molecule has 1 aromatic carbocycles. The van der Waals surface area contributed by atoms with Crippen LogP contribution in [0.5, 0.6) is 5.75 Å². The van der Waals surface area contributed by atoms with E-state index in [0.717, 1.165) is 12.2 Å². The molecule has 0 heterocycles. The molecule has 2 heteroatoms. The number of methoxy groups -OCH3 is 1. The smallest absolute Gasteiger partial charge is 0.122 e. The Morgan fingerprint density at radius 2 is 2.07 bits per heavy atom. The highest BCUT2D eigenvalue weighted by Gasteiger charge is 2.22. The Balaban J connectivity index is 2.20. The van der Waals surface area contributed by atoms with Crippen LogP contribution < -0.4 is 10.5 Å². The second kappa shape index (κ2) is 4.67. The normalized spacial score (nSPS) is 26.3. The molecule has 0 unspecified atom stereocenters. The van der Waals surface area contributed by atoms with Gasteiger partial charge < -0.3 is 10.5 Å². The third-order valence-corrected chi connectivity index (χ3v) is 3.29. The van der Waals surface area contributed by atoms with Gasteiger partial charge in [-0.3, -0.25) is 0 Å². The number of nitrogens with two attached hydrogens (primary N) is 1. The van der Waals surface area contributed by atoms with Crippen LogP contribution in [0, 0.1) is 0 Å².